The molecule has 0 fully saturated rings. The third-order valence-electron chi connectivity index (χ3n) is 8.03. The largest absolute Gasteiger partial charge is 0.321 e. The molecule has 5 rings (SSSR count). The summed E-state index contributed by atoms with van der Waals surface area (Å²) in [4.78, 5) is 41.3. The lowest BCUT2D eigenvalue weighted by atomic mass is 9.72. The van der Waals surface area contributed by atoms with Gasteiger partial charge in [0, 0.05) is 26.0 Å². The average molecular weight is 683 g/mol. The van der Waals surface area contributed by atoms with Crippen LogP contribution in [0.2, 0.25) is 5.02 Å². The molecule has 0 spiro atoms. The van der Waals surface area contributed by atoms with Crippen LogP contribution < -0.4 is 16.0 Å². The first-order valence-electron chi connectivity index (χ1n) is 15.2. The Balaban J connectivity index is 1.24. The number of amides is 3. The van der Waals surface area contributed by atoms with E-state index in [1.165, 1.54) is 28.0 Å². The summed E-state index contributed by atoms with van der Waals surface area (Å²) in [6.07, 6.45) is 4.40. The lowest BCUT2D eigenvalue weighted by molar-refractivity contribution is -0.114. The maximum atomic E-state index is 13.4. The Labute approximate surface area is 288 Å². The molecule has 7 nitrogen and oxygen atoms in total. The summed E-state index contributed by atoms with van der Waals surface area (Å²) >= 11 is 8.87. The van der Waals surface area contributed by atoms with Crippen molar-refractivity contribution in [1.29, 1.82) is 5.26 Å². The Morgan fingerprint density at radius 2 is 1.77 bits per heavy atom. The number of hydrogen-bond acceptors (Lipinski definition) is 6. The first kappa shape index (κ1) is 34.0. The van der Waals surface area contributed by atoms with Crippen LogP contribution in [-0.4, -0.2) is 23.5 Å². The van der Waals surface area contributed by atoms with Crippen molar-refractivity contribution in [1.82, 2.24) is 5.32 Å². The molecule has 3 aromatic carbocycles. The van der Waals surface area contributed by atoms with Crippen LogP contribution >= 0.6 is 34.7 Å². The highest BCUT2D eigenvalue weighted by Gasteiger charge is 2.32. The molecule has 1 aliphatic rings. The van der Waals surface area contributed by atoms with Gasteiger partial charge in [0.1, 0.15) is 16.8 Å². The first-order chi connectivity index (χ1) is 22.5. The number of rotatable bonds is 9. The Bertz CT molecular complexity index is 1860. The van der Waals surface area contributed by atoms with Gasteiger partial charge in [-0.05, 0) is 90.3 Å². The number of halogens is 1. The Kier molecular flexibility index (Phi) is 10.9. The van der Waals surface area contributed by atoms with E-state index >= 15 is 0 Å². The molecule has 0 saturated heterocycles. The van der Waals surface area contributed by atoms with E-state index in [1.54, 1.807) is 72.8 Å². The molecule has 0 aliphatic heterocycles. The van der Waals surface area contributed by atoms with Gasteiger partial charge in [-0.1, -0.05) is 68.8 Å². The van der Waals surface area contributed by atoms with E-state index in [4.69, 9.17) is 11.6 Å². The predicted octanol–water partition coefficient (Wildman–Crippen LogP) is 8.56. The van der Waals surface area contributed by atoms with E-state index in [1.807, 2.05) is 12.1 Å². The highest BCUT2D eigenvalue weighted by molar-refractivity contribution is 8.00. The van der Waals surface area contributed by atoms with Gasteiger partial charge >= 0.3 is 0 Å². The number of fused-ring (bicyclic) bond motifs is 1. The summed E-state index contributed by atoms with van der Waals surface area (Å²) in [5.41, 5.74) is 3.51. The molecule has 1 aromatic heterocycles. The summed E-state index contributed by atoms with van der Waals surface area (Å²) in [7, 11) is 0. The van der Waals surface area contributed by atoms with Crippen molar-refractivity contribution in [3.8, 4) is 6.07 Å². The van der Waals surface area contributed by atoms with E-state index in [-0.39, 0.29) is 22.8 Å². The number of benzene rings is 3. The number of thioether (sulfide) groups is 1. The van der Waals surface area contributed by atoms with Gasteiger partial charge in [-0.3, -0.25) is 14.4 Å². The van der Waals surface area contributed by atoms with Crippen LogP contribution in [0.3, 0.4) is 0 Å². The normalized spacial score (nSPS) is 14.4. The number of nitriles is 1. The smallest absolute Gasteiger partial charge is 0.272 e. The Hall–Kier alpha value is -4.36. The topological polar surface area (TPSA) is 111 Å². The van der Waals surface area contributed by atoms with Crippen molar-refractivity contribution < 1.29 is 14.4 Å². The van der Waals surface area contributed by atoms with E-state index in [0.29, 0.717) is 38.3 Å². The van der Waals surface area contributed by atoms with Crippen molar-refractivity contribution in [3.63, 3.8) is 0 Å². The average Bonchev–Trinajstić information content (AvgIpc) is 3.40. The summed E-state index contributed by atoms with van der Waals surface area (Å²) in [5.74, 6) is -0.468. The Morgan fingerprint density at radius 3 is 2.47 bits per heavy atom. The second-order valence-electron chi connectivity index (χ2n) is 12.4. The molecule has 10 heteroatoms. The van der Waals surface area contributed by atoms with Crippen LogP contribution in [0.4, 0.5) is 10.7 Å². The minimum Gasteiger partial charge on any atom is -0.321 e. The summed E-state index contributed by atoms with van der Waals surface area (Å²) in [5, 5.41) is 19.6. The number of carbonyl (C=O) groups excluding carboxylic acids is 3. The molecule has 1 unspecified atom stereocenters. The molecule has 3 amide bonds. The van der Waals surface area contributed by atoms with Gasteiger partial charge in [-0.25, -0.2) is 0 Å². The maximum absolute atomic E-state index is 13.4. The first-order valence-corrected chi connectivity index (χ1v) is 17.4. The third-order valence-corrected chi connectivity index (χ3v) is 10.4. The molecule has 240 valence electrons. The zero-order valence-electron chi connectivity index (χ0n) is 26.4. The molecular formula is C37H35ClN4O3S2. The molecule has 1 atom stereocenters. The molecule has 47 heavy (non-hydrogen) atoms. The zero-order chi connectivity index (χ0) is 33.6. The maximum Gasteiger partial charge on any atom is 0.272 e. The summed E-state index contributed by atoms with van der Waals surface area (Å²) in [6.45, 7) is 6.76. The minimum atomic E-state index is -0.511. The highest BCUT2D eigenvalue weighted by atomic mass is 35.5. The molecule has 0 bridgehead atoms. The fraction of sp³-hybridized carbons (Fsp3) is 0.243. The second-order valence-corrected chi connectivity index (χ2v) is 15.0. The number of nitrogens with zero attached hydrogens (tertiary/aromatic N) is 1. The van der Waals surface area contributed by atoms with Crippen molar-refractivity contribution in [3.05, 3.63) is 117 Å². The van der Waals surface area contributed by atoms with E-state index in [2.05, 4.69) is 42.8 Å². The molecule has 0 saturated carbocycles. The van der Waals surface area contributed by atoms with E-state index in [0.717, 1.165) is 29.7 Å². The van der Waals surface area contributed by atoms with Crippen LogP contribution in [-0.2, 0) is 22.4 Å². The number of hydrogen-bond donors (Lipinski definition) is 3. The van der Waals surface area contributed by atoms with Gasteiger partial charge in [-0.15, -0.1) is 23.1 Å². The van der Waals surface area contributed by atoms with Crippen LogP contribution in [0.1, 0.15) is 59.1 Å². The second kappa shape index (κ2) is 15.0. The van der Waals surface area contributed by atoms with Gasteiger partial charge in [0.05, 0.1) is 11.3 Å². The van der Waals surface area contributed by atoms with E-state index in [9.17, 15) is 19.6 Å². The number of nitrogens with one attached hydrogen (secondary N) is 3. The number of carbonyl (C=O) groups is 3. The minimum absolute atomic E-state index is 0.0550. The van der Waals surface area contributed by atoms with Gasteiger partial charge in [0.2, 0.25) is 5.91 Å². The predicted molar refractivity (Wildman–Crippen MR) is 192 cm³/mol. The molecule has 0 radical (unpaired) electrons. The molecule has 1 heterocycles. The van der Waals surface area contributed by atoms with Crippen LogP contribution in [0.5, 0.6) is 0 Å². The SMILES string of the molecule is CC(C)(C)C1CCc2c(sc(NC(=O)CSc3cccc(NC(=O)/C(=C\c4ccc(Cl)cc4)NC(=O)c4ccccc4)c3)c2C#N)C1. The van der Waals surface area contributed by atoms with Gasteiger partial charge < -0.3 is 16.0 Å². The standard InChI is InChI=1S/C37H35ClN4O3S2/c1-37(2,3)25-14-17-29-30(21-39)36(47-32(29)19-25)42-33(43)22-46-28-11-7-10-27(20-28)40-35(45)31(18-23-12-15-26(38)16-13-23)41-34(44)24-8-5-4-6-9-24/h4-13,15-16,18,20,25H,14,17,19,22H2,1-3H3,(H,40,45)(H,41,44)(H,42,43)/b31-18+. The quantitative estimate of drug-likeness (QED) is 0.121. The summed E-state index contributed by atoms with van der Waals surface area (Å²) in [6, 6.07) is 25.0. The zero-order valence-corrected chi connectivity index (χ0v) is 28.7. The van der Waals surface area contributed by atoms with Crippen molar-refractivity contribution in [2.24, 2.45) is 11.3 Å². The van der Waals surface area contributed by atoms with Crippen molar-refractivity contribution in [2.45, 2.75) is 44.9 Å². The number of anilines is 2. The van der Waals surface area contributed by atoms with Crippen LogP contribution in [0, 0.1) is 22.7 Å². The molecule has 3 N–H and O–H groups in total. The van der Waals surface area contributed by atoms with Crippen molar-refractivity contribution >= 4 is 69.2 Å². The fourth-order valence-electron chi connectivity index (χ4n) is 5.37. The molecule has 1 aliphatic carbocycles. The van der Waals surface area contributed by atoms with Crippen molar-refractivity contribution in [2.75, 3.05) is 16.4 Å². The van der Waals surface area contributed by atoms with Crippen LogP contribution in [0.15, 0.2) is 89.5 Å². The Morgan fingerprint density at radius 1 is 1.02 bits per heavy atom. The monoisotopic (exact) mass is 682 g/mol. The van der Waals surface area contributed by atoms with Gasteiger partial charge in [0.25, 0.3) is 11.8 Å². The lowest BCUT2D eigenvalue weighted by Crippen LogP contribution is -2.30. The number of thiophene rings is 1. The summed E-state index contributed by atoms with van der Waals surface area (Å²) < 4.78 is 0. The molecular weight excluding hydrogens is 648 g/mol. The third kappa shape index (κ3) is 8.92. The highest BCUT2D eigenvalue weighted by Crippen LogP contribution is 2.44. The van der Waals surface area contributed by atoms with E-state index < -0.39 is 11.8 Å². The lowest BCUT2D eigenvalue weighted by Gasteiger charge is -2.33. The molecule has 4 aromatic rings. The van der Waals surface area contributed by atoms with Gasteiger partial charge in [0.15, 0.2) is 0 Å². The fourth-order valence-corrected chi connectivity index (χ4v) is 7.55. The van der Waals surface area contributed by atoms with Gasteiger partial charge in [-0.2, -0.15) is 5.26 Å². The van der Waals surface area contributed by atoms with Crippen LogP contribution in [0.25, 0.3) is 6.08 Å².